The zero-order valence-electron chi connectivity index (χ0n) is 16.7. The Labute approximate surface area is 173 Å². The Morgan fingerprint density at radius 1 is 1.17 bits per heavy atom. The minimum Gasteiger partial charge on any atom is -0.324 e. The van der Waals surface area contributed by atoms with Gasteiger partial charge in [0.1, 0.15) is 6.04 Å². The lowest BCUT2D eigenvalue weighted by atomic mass is 9.80. The molecule has 30 heavy (non-hydrogen) atoms. The van der Waals surface area contributed by atoms with E-state index in [1.807, 2.05) is 6.07 Å². The van der Waals surface area contributed by atoms with Crippen molar-refractivity contribution in [3.05, 3.63) is 34.9 Å². The van der Waals surface area contributed by atoms with Crippen LogP contribution in [0.1, 0.15) is 60.0 Å². The van der Waals surface area contributed by atoms with E-state index in [4.69, 9.17) is 5.73 Å². The number of alkyl halides is 2. The molecule has 4 rings (SSSR count). The van der Waals surface area contributed by atoms with E-state index >= 15 is 0 Å². The number of fused-ring (bicyclic) bond motifs is 1. The SMILES string of the molecule is NC1(CNCc2cccc3c2CN(C2CCC(=O)NC2=O)C3=O)CCC(F)(F)CC1. The van der Waals surface area contributed by atoms with Gasteiger partial charge in [-0.2, -0.15) is 0 Å². The summed E-state index contributed by atoms with van der Waals surface area (Å²) < 4.78 is 26.8. The first-order chi connectivity index (χ1) is 14.2. The second-order valence-electron chi connectivity index (χ2n) is 8.67. The largest absolute Gasteiger partial charge is 0.324 e. The number of nitrogens with one attached hydrogen (secondary N) is 2. The molecule has 0 aromatic heterocycles. The van der Waals surface area contributed by atoms with Crippen LogP contribution in [0.5, 0.6) is 0 Å². The van der Waals surface area contributed by atoms with Gasteiger partial charge in [0.05, 0.1) is 0 Å². The fourth-order valence-corrected chi connectivity index (χ4v) is 4.55. The summed E-state index contributed by atoms with van der Waals surface area (Å²) in [5.74, 6) is -3.60. The lowest BCUT2D eigenvalue weighted by Crippen LogP contribution is -2.52. The molecule has 1 saturated carbocycles. The summed E-state index contributed by atoms with van der Waals surface area (Å²) in [7, 11) is 0. The summed E-state index contributed by atoms with van der Waals surface area (Å²) in [6.07, 6.45) is 0.674. The van der Waals surface area contributed by atoms with Crippen LogP contribution >= 0.6 is 0 Å². The number of benzene rings is 1. The first-order valence-corrected chi connectivity index (χ1v) is 10.3. The number of carbonyl (C=O) groups is 3. The molecule has 1 aromatic carbocycles. The summed E-state index contributed by atoms with van der Waals surface area (Å²) in [4.78, 5) is 38.0. The standard InChI is InChI=1S/C21H26F2N4O3/c22-21(23)8-6-20(24,7-9-21)12-25-10-13-2-1-3-14-15(13)11-27(19(14)30)16-4-5-17(28)26-18(16)29/h1-3,16,25H,4-12,24H2,(H,26,28,29). The van der Waals surface area contributed by atoms with Gasteiger partial charge in [-0.15, -0.1) is 0 Å². The average Bonchev–Trinajstić information content (AvgIpc) is 3.02. The van der Waals surface area contributed by atoms with Gasteiger partial charge in [0.25, 0.3) is 5.91 Å². The molecule has 9 heteroatoms. The van der Waals surface area contributed by atoms with Gasteiger partial charge in [0.2, 0.25) is 17.7 Å². The molecule has 2 fully saturated rings. The lowest BCUT2D eigenvalue weighted by Gasteiger charge is -2.37. The summed E-state index contributed by atoms with van der Waals surface area (Å²) in [5, 5.41) is 5.57. The van der Waals surface area contributed by atoms with Gasteiger partial charge < -0.3 is 16.0 Å². The van der Waals surface area contributed by atoms with Crippen molar-refractivity contribution < 1.29 is 23.2 Å². The van der Waals surface area contributed by atoms with Gasteiger partial charge >= 0.3 is 0 Å². The molecule has 3 amide bonds. The normalized spacial score (nSPS) is 25.2. The fourth-order valence-electron chi connectivity index (χ4n) is 4.55. The molecule has 1 saturated heterocycles. The van der Waals surface area contributed by atoms with Gasteiger partial charge in [-0.3, -0.25) is 19.7 Å². The lowest BCUT2D eigenvalue weighted by molar-refractivity contribution is -0.136. The number of nitrogens with zero attached hydrogens (tertiary/aromatic N) is 1. The molecule has 0 bridgehead atoms. The minimum absolute atomic E-state index is 0.193. The molecule has 162 valence electrons. The molecule has 0 spiro atoms. The zero-order chi connectivity index (χ0) is 21.5. The Bertz CT molecular complexity index is 879. The number of hydrogen-bond acceptors (Lipinski definition) is 5. The zero-order valence-corrected chi connectivity index (χ0v) is 16.7. The highest BCUT2D eigenvalue weighted by Crippen LogP contribution is 2.37. The maximum atomic E-state index is 13.4. The van der Waals surface area contributed by atoms with E-state index in [1.165, 1.54) is 4.90 Å². The summed E-state index contributed by atoms with van der Waals surface area (Å²) in [6.45, 7) is 1.17. The number of rotatable bonds is 5. The molecule has 1 unspecified atom stereocenters. The van der Waals surface area contributed by atoms with Crippen LogP contribution < -0.4 is 16.4 Å². The van der Waals surface area contributed by atoms with Crippen molar-refractivity contribution in [2.24, 2.45) is 5.73 Å². The molecule has 2 aliphatic heterocycles. The van der Waals surface area contributed by atoms with Crippen LogP contribution in [0, 0.1) is 0 Å². The summed E-state index contributed by atoms with van der Waals surface area (Å²) in [5.41, 5.74) is 7.96. The molecule has 7 nitrogen and oxygen atoms in total. The number of halogens is 2. The molecule has 4 N–H and O–H groups in total. The topological polar surface area (TPSA) is 105 Å². The van der Waals surface area contributed by atoms with E-state index in [2.05, 4.69) is 10.6 Å². The van der Waals surface area contributed by atoms with Crippen LogP contribution in [0.3, 0.4) is 0 Å². The molecule has 2 heterocycles. The van der Waals surface area contributed by atoms with Crippen LogP contribution in [0.25, 0.3) is 0 Å². The van der Waals surface area contributed by atoms with Gasteiger partial charge in [0.15, 0.2) is 0 Å². The third-order valence-corrected chi connectivity index (χ3v) is 6.45. The fraction of sp³-hybridized carbons (Fsp3) is 0.571. The van der Waals surface area contributed by atoms with Crippen molar-refractivity contribution in [1.29, 1.82) is 0 Å². The Morgan fingerprint density at radius 3 is 2.60 bits per heavy atom. The van der Waals surface area contributed by atoms with E-state index in [1.54, 1.807) is 12.1 Å². The van der Waals surface area contributed by atoms with Crippen LogP contribution in [0.15, 0.2) is 18.2 Å². The molecule has 3 aliphatic rings. The highest BCUT2D eigenvalue weighted by atomic mass is 19.3. The van der Waals surface area contributed by atoms with E-state index in [-0.39, 0.29) is 43.9 Å². The monoisotopic (exact) mass is 420 g/mol. The number of piperidine rings is 1. The minimum atomic E-state index is -2.62. The van der Waals surface area contributed by atoms with E-state index in [0.717, 1.165) is 11.1 Å². The second kappa shape index (κ2) is 7.70. The van der Waals surface area contributed by atoms with Gasteiger partial charge in [-0.05, 0) is 36.5 Å². The Morgan fingerprint density at radius 2 is 1.90 bits per heavy atom. The number of amides is 3. The molecule has 1 aliphatic carbocycles. The van der Waals surface area contributed by atoms with E-state index in [9.17, 15) is 23.2 Å². The number of hydrogen-bond donors (Lipinski definition) is 3. The van der Waals surface area contributed by atoms with Crippen LogP contribution in [0.2, 0.25) is 0 Å². The number of nitrogens with two attached hydrogens (primary N) is 1. The third kappa shape index (κ3) is 4.09. The molecule has 0 radical (unpaired) electrons. The van der Waals surface area contributed by atoms with E-state index in [0.29, 0.717) is 31.6 Å². The van der Waals surface area contributed by atoms with Crippen LogP contribution in [0.4, 0.5) is 8.78 Å². The Hall–Kier alpha value is -2.39. The summed E-state index contributed by atoms with van der Waals surface area (Å²) in [6, 6.07) is 4.78. The van der Waals surface area contributed by atoms with E-state index < -0.39 is 23.4 Å². The van der Waals surface area contributed by atoms with Crippen molar-refractivity contribution in [3.63, 3.8) is 0 Å². The quantitative estimate of drug-likeness (QED) is 0.626. The molecular formula is C21H26F2N4O3. The first kappa shape index (κ1) is 20.9. The van der Waals surface area contributed by atoms with Crippen molar-refractivity contribution in [2.75, 3.05) is 6.54 Å². The summed E-state index contributed by atoms with van der Waals surface area (Å²) >= 11 is 0. The highest BCUT2D eigenvalue weighted by molar-refractivity contribution is 6.05. The van der Waals surface area contributed by atoms with Gasteiger partial charge in [-0.1, -0.05) is 12.1 Å². The highest BCUT2D eigenvalue weighted by Gasteiger charge is 2.42. The van der Waals surface area contributed by atoms with Crippen molar-refractivity contribution >= 4 is 17.7 Å². The maximum absolute atomic E-state index is 13.4. The van der Waals surface area contributed by atoms with Crippen molar-refractivity contribution in [3.8, 4) is 0 Å². The molecule has 1 atom stereocenters. The smallest absolute Gasteiger partial charge is 0.255 e. The third-order valence-electron chi connectivity index (χ3n) is 6.45. The van der Waals surface area contributed by atoms with Crippen LogP contribution in [-0.4, -0.2) is 46.7 Å². The number of imide groups is 1. The van der Waals surface area contributed by atoms with Gasteiger partial charge in [-0.25, -0.2) is 8.78 Å². The Kier molecular flexibility index (Phi) is 5.36. The van der Waals surface area contributed by atoms with Crippen molar-refractivity contribution in [2.45, 2.75) is 69.1 Å². The average molecular weight is 420 g/mol. The predicted octanol–water partition coefficient (Wildman–Crippen LogP) is 1.44. The molecule has 1 aromatic rings. The number of carbonyl (C=O) groups excluding carboxylic acids is 3. The molecular weight excluding hydrogens is 394 g/mol. The second-order valence-corrected chi connectivity index (χ2v) is 8.67. The Balaban J connectivity index is 1.41. The van der Waals surface area contributed by atoms with Crippen molar-refractivity contribution in [1.82, 2.24) is 15.5 Å². The van der Waals surface area contributed by atoms with Gasteiger partial charge in [0, 0.05) is 50.0 Å². The first-order valence-electron chi connectivity index (χ1n) is 10.3. The predicted molar refractivity (Wildman–Crippen MR) is 105 cm³/mol. The maximum Gasteiger partial charge on any atom is 0.255 e. The van der Waals surface area contributed by atoms with Crippen LogP contribution in [-0.2, 0) is 22.7 Å².